The molecule has 2 aliphatic rings. The largest absolute Gasteiger partial charge is 0.456 e. The Labute approximate surface area is 369 Å². The lowest BCUT2D eigenvalue weighted by atomic mass is 9.64. The standard InChI is InChI=1S/C58H33N5O/c59-34-36-23-27-38(28-24-36)42-31-46(39-29-25-37(35-60)26-30-39)54-51(32-42)58(49-21-11-12-22-52(49)64-54)48-20-10-9-19-45(48)53-44-18-8-7-17-43(44)47(33-50(53)58)57-62-55(40-13-3-1-4-14-40)61-56(63-57)41-15-5-2-6-16-41/h1-33H. The maximum absolute atomic E-state index is 9.78. The van der Waals surface area contributed by atoms with Gasteiger partial charge in [-0.2, -0.15) is 10.5 Å². The molecule has 1 atom stereocenters. The fourth-order valence-electron chi connectivity index (χ4n) is 9.81. The van der Waals surface area contributed by atoms with E-state index in [-0.39, 0.29) is 0 Å². The molecule has 12 rings (SSSR count). The monoisotopic (exact) mass is 815 g/mol. The molecule has 1 unspecified atom stereocenters. The summed E-state index contributed by atoms with van der Waals surface area (Å²) in [5, 5.41) is 21.6. The fraction of sp³-hybridized carbons (Fsp3) is 0.0172. The van der Waals surface area contributed by atoms with Gasteiger partial charge in [-0.1, -0.05) is 152 Å². The van der Waals surface area contributed by atoms with Gasteiger partial charge in [-0.15, -0.1) is 0 Å². The lowest BCUT2D eigenvalue weighted by Gasteiger charge is -2.40. The molecule has 64 heavy (non-hydrogen) atoms. The highest BCUT2D eigenvalue weighted by Gasteiger charge is 2.52. The first-order valence-corrected chi connectivity index (χ1v) is 21.1. The molecule has 1 aliphatic heterocycles. The van der Waals surface area contributed by atoms with E-state index in [0.29, 0.717) is 28.6 Å². The number of para-hydroxylation sites is 1. The van der Waals surface area contributed by atoms with E-state index in [1.165, 1.54) is 0 Å². The van der Waals surface area contributed by atoms with Gasteiger partial charge in [-0.3, -0.25) is 0 Å². The zero-order chi connectivity index (χ0) is 42.8. The Bertz CT molecular complexity index is 3530. The lowest BCUT2D eigenvalue weighted by Crippen LogP contribution is -2.32. The first-order valence-electron chi connectivity index (χ1n) is 21.1. The minimum atomic E-state index is -0.879. The third-order valence-electron chi connectivity index (χ3n) is 12.7. The molecule has 0 fully saturated rings. The molecular formula is C58H33N5O. The van der Waals surface area contributed by atoms with Crippen LogP contribution in [-0.4, -0.2) is 15.0 Å². The van der Waals surface area contributed by atoms with Crippen LogP contribution in [0.15, 0.2) is 200 Å². The Balaban J connectivity index is 1.22. The average molecular weight is 816 g/mol. The van der Waals surface area contributed by atoms with Gasteiger partial charge in [0.25, 0.3) is 0 Å². The van der Waals surface area contributed by atoms with Crippen LogP contribution in [0.25, 0.3) is 78.3 Å². The molecule has 296 valence electrons. The van der Waals surface area contributed by atoms with Crippen LogP contribution in [0, 0.1) is 22.7 Å². The van der Waals surface area contributed by atoms with Crippen molar-refractivity contribution in [2.45, 2.75) is 5.41 Å². The van der Waals surface area contributed by atoms with Crippen molar-refractivity contribution in [2.75, 3.05) is 0 Å². The molecule has 0 amide bonds. The van der Waals surface area contributed by atoms with Gasteiger partial charge in [0.1, 0.15) is 11.5 Å². The van der Waals surface area contributed by atoms with Crippen molar-refractivity contribution in [1.82, 2.24) is 15.0 Å². The molecule has 0 N–H and O–H groups in total. The summed E-state index contributed by atoms with van der Waals surface area (Å²) in [5.41, 5.74) is 13.2. The van der Waals surface area contributed by atoms with E-state index in [1.54, 1.807) is 0 Å². The second-order valence-corrected chi connectivity index (χ2v) is 16.1. The number of nitriles is 2. The molecule has 6 nitrogen and oxygen atoms in total. The number of rotatable bonds is 5. The van der Waals surface area contributed by atoms with Gasteiger partial charge in [-0.25, -0.2) is 15.0 Å². The molecule has 1 spiro atoms. The van der Waals surface area contributed by atoms with Gasteiger partial charge in [-0.05, 0) is 98.2 Å². The van der Waals surface area contributed by atoms with Crippen molar-refractivity contribution in [3.05, 3.63) is 234 Å². The quantitative estimate of drug-likeness (QED) is 0.172. The molecular weight excluding hydrogens is 783 g/mol. The molecule has 2 heterocycles. The number of aromatic nitrogens is 3. The topological polar surface area (TPSA) is 95.5 Å². The molecule has 0 saturated carbocycles. The summed E-state index contributed by atoms with van der Waals surface area (Å²) in [6, 6.07) is 72.6. The maximum atomic E-state index is 9.78. The highest BCUT2D eigenvalue weighted by atomic mass is 16.5. The van der Waals surface area contributed by atoms with E-state index >= 15 is 0 Å². The number of hydrogen-bond donors (Lipinski definition) is 0. The summed E-state index contributed by atoms with van der Waals surface area (Å²) in [4.78, 5) is 15.6. The summed E-state index contributed by atoms with van der Waals surface area (Å²) in [7, 11) is 0. The second-order valence-electron chi connectivity index (χ2n) is 16.1. The van der Waals surface area contributed by atoms with Crippen LogP contribution in [-0.2, 0) is 5.41 Å². The molecule has 0 saturated heterocycles. The van der Waals surface area contributed by atoms with Crippen LogP contribution in [0.5, 0.6) is 11.5 Å². The normalized spacial score (nSPS) is 14.1. The smallest absolute Gasteiger partial charge is 0.164 e. The van der Waals surface area contributed by atoms with Crippen molar-refractivity contribution < 1.29 is 4.74 Å². The van der Waals surface area contributed by atoms with Crippen LogP contribution in [0.4, 0.5) is 0 Å². The van der Waals surface area contributed by atoms with Crippen molar-refractivity contribution in [2.24, 2.45) is 0 Å². The summed E-state index contributed by atoms with van der Waals surface area (Å²) in [5.74, 6) is 3.24. The lowest BCUT2D eigenvalue weighted by molar-refractivity contribution is 0.438. The van der Waals surface area contributed by atoms with Gasteiger partial charge in [0, 0.05) is 33.4 Å². The van der Waals surface area contributed by atoms with Gasteiger partial charge in [0.05, 0.1) is 28.7 Å². The van der Waals surface area contributed by atoms with Crippen LogP contribution in [0.2, 0.25) is 0 Å². The highest BCUT2D eigenvalue weighted by Crippen LogP contribution is 2.65. The molecule has 0 radical (unpaired) electrons. The maximum Gasteiger partial charge on any atom is 0.164 e. The third kappa shape index (κ3) is 5.61. The molecule has 1 aliphatic carbocycles. The Kier molecular flexibility index (Phi) is 8.40. The molecule has 6 heteroatoms. The first-order chi connectivity index (χ1) is 31.6. The first kappa shape index (κ1) is 36.8. The molecule has 0 bridgehead atoms. The van der Waals surface area contributed by atoms with E-state index in [4.69, 9.17) is 19.7 Å². The Morgan fingerprint density at radius 3 is 1.58 bits per heavy atom. The fourth-order valence-corrected chi connectivity index (χ4v) is 9.81. The van der Waals surface area contributed by atoms with Crippen LogP contribution < -0.4 is 4.74 Å². The van der Waals surface area contributed by atoms with Gasteiger partial charge in [0.15, 0.2) is 17.5 Å². The van der Waals surface area contributed by atoms with Crippen molar-refractivity contribution in [1.29, 1.82) is 10.5 Å². The third-order valence-corrected chi connectivity index (χ3v) is 12.7. The van der Waals surface area contributed by atoms with Crippen molar-refractivity contribution >= 4 is 10.8 Å². The molecule has 9 aromatic carbocycles. The zero-order valence-corrected chi connectivity index (χ0v) is 34.2. The van der Waals surface area contributed by atoms with Gasteiger partial charge in [0.2, 0.25) is 0 Å². The minimum absolute atomic E-state index is 0.572. The summed E-state index contributed by atoms with van der Waals surface area (Å²) < 4.78 is 7.15. The number of nitrogens with zero attached hydrogens (tertiary/aromatic N) is 5. The summed E-state index contributed by atoms with van der Waals surface area (Å²) >= 11 is 0. The Morgan fingerprint density at radius 1 is 0.375 bits per heavy atom. The predicted molar refractivity (Wildman–Crippen MR) is 251 cm³/mol. The molecule has 10 aromatic rings. The predicted octanol–water partition coefficient (Wildman–Crippen LogP) is 13.6. The summed E-state index contributed by atoms with van der Waals surface area (Å²) in [6.07, 6.45) is 0. The van der Waals surface area contributed by atoms with Crippen LogP contribution in [0.3, 0.4) is 0 Å². The highest BCUT2D eigenvalue weighted by molar-refractivity contribution is 6.10. The van der Waals surface area contributed by atoms with E-state index in [9.17, 15) is 10.5 Å². The van der Waals surface area contributed by atoms with E-state index < -0.39 is 5.41 Å². The van der Waals surface area contributed by atoms with Crippen LogP contribution in [0.1, 0.15) is 33.4 Å². The van der Waals surface area contributed by atoms with Gasteiger partial charge >= 0.3 is 0 Å². The van der Waals surface area contributed by atoms with E-state index in [0.717, 1.165) is 94.6 Å². The van der Waals surface area contributed by atoms with Crippen LogP contribution >= 0.6 is 0 Å². The average Bonchev–Trinajstić information content (AvgIpc) is 3.67. The van der Waals surface area contributed by atoms with E-state index in [1.807, 2.05) is 115 Å². The Morgan fingerprint density at radius 2 is 0.922 bits per heavy atom. The van der Waals surface area contributed by atoms with Crippen molar-refractivity contribution in [3.63, 3.8) is 0 Å². The number of fused-ring (bicyclic) bond motifs is 11. The Hall–Kier alpha value is -8.97. The number of benzene rings is 9. The number of hydrogen-bond acceptors (Lipinski definition) is 6. The van der Waals surface area contributed by atoms with Gasteiger partial charge < -0.3 is 4.74 Å². The minimum Gasteiger partial charge on any atom is -0.456 e. The summed E-state index contributed by atoms with van der Waals surface area (Å²) in [6.45, 7) is 0. The second kappa shape index (κ2) is 14.6. The SMILES string of the molecule is N#Cc1ccc(-c2cc(-c3ccc(C#N)cc3)c3c(c2)C2(c4ccccc4O3)c3ccccc3-c3c2cc(-c2nc(-c4ccccc4)nc(-c4ccccc4)n2)c2ccccc32)cc1. The zero-order valence-electron chi connectivity index (χ0n) is 34.2. The number of ether oxygens (including phenoxy) is 1. The van der Waals surface area contributed by atoms with E-state index in [2.05, 4.69) is 97.1 Å². The molecule has 1 aromatic heterocycles. The van der Waals surface area contributed by atoms with Crippen molar-refractivity contribution in [3.8, 4) is 91.2 Å².